The van der Waals surface area contributed by atoms with Crippen molar-refractivity contribution in [2.45, 2.75) is 4.90 Å². The van der Waals surface area contributed by atoms with Gasteiger partial charge in [-0.1, -0.05) is 18.2 Å². The molecule has 0 aliphatic carbocycles. The zero-order valence-corrected chi connectivity index (χ0v) is 12.4. The van der Waals surface area contributed by atoms with Crippen LogP contribution in [0.3, 0.4) is 0 Å². The Kier molecular flexibility index (Phi) is 3.68. The van der Waals surface area contributed by atoms with E-state index in [0.717, 1.165) is 11.1 Å². The van der Waals surface area contributed by atoms with Gasteiger partial charge in [0.2, 0.25) is 0 Å². The van der Waals surface area contributed by atoms with E-state index in [1.54, 1.807) is 48.2 Å². The number of pyridine rings is 1. The highest BCUT2D eigenvalue weighted by molar-refractivity contribution is 7.93. The van der Waals surface area contributed by atoms with Gasteiger partial charge in [-0.15, -0.1) is 11.3 Å². The molecule has 1 N–H and O–H groups in total. The predicted molar refractivity (Wildman–Crippen MR) is 82.6 cm³/mol. The maximum atomic E-state index is 12.2. The lowest BCUT2D eigenvalue weighted by molar-refractivity contribution is 0.601. The normalized spacial score (nSPS) is 11.2. The molecule has 0 spiro atoms. The maximum Gasteiger partial charge on any atom is 0.263 e. The molecule has 2 aromatic heterocycles. The molecule has 0 fully saturated rings. The van der Waals surface area contributed by atoms with Crippen molar-refractivity contribution in [2.24, 2.45) is 0 Å². The van der Waals surface area contributed by atoms with Crippen molar-refractivity contribution in [1.29, 1.82) is 0 Å². The van der Waals surface area contributed by atoms with Crippen LogP contribution < -0.4 is 4.72 Å². The van der Waals surface area contributed by atoms with Gasteiger partial charge in [0.05, 0.1) is 4.90 Å². The van der Waals surface area contributed by atoms with Crippen molar-refractivity contribution in [1.82, 2.24) is 9.97 Å². The lowest BCUT2D eigenvalue weighted by Crippen LogP contribution is -2.12. The standard InChI is InChI=1S/C14H11N3O2S2/c18-21(19,17-14-16-8-9-20-14)13-5-3-11(4-6-13)12-2-1-7-15-10-12/h1-10H,(H,16,17). The van der Waals surface area contributed by atoms with Crippen LogP contribution in [0.25, 0.3) is 11.1 Å². The van der Waals surface area contributed by atoms with Crippen molar-refractivity contribution < 1.29 is 8.42 Å². The van der Waals surface area contributed by atoms with E-state index < -0.39 is 10.0 Å². The molecule has 0 bridgehead atoms. The Morgan fingerprint density at radius 1 is 1.00 bits per heavy atom. The molecular formula is C14H11N3O2S2. The van der Waals surface area contributed by atoms with Crippen LogP contribution in [0, 0.1) is 0 Å². The van der Waals surface area contributed by atoms with Gasteiger partial charge in [0.1, 0.15) is 0 Å². The number of hydrogen-bond acceptors (Lipinski definition) is 5. The van der Waals surface area contributed by atoms with Crippen LogP contribution in [0.5, 0.6) is 0 Å². The summed E-state index contributed by atoms with van der Waals surface area (Å²) >= 11 is 1.23. The van der Waals surface area contributed by atoms with Gasteiger partial charge in [0.25, 0.3) is 10.0 Å². The van der Waals surface area contributed by atoms with E-state index >= 15 is 0 Å². The van der Waals surface area contributed by atoms with E-state index in [-0.39, 0.29) is 4.90 Å². The first-order valence-corrected chi connectivity index (χ1v) is 8.44. The zero-order valence-electron chi connectivity index (χ0n) is 10.8. The van der Waals surface area contributed by atoms with Crippen molar-refractivity contribution in [3.8, 4) is 11.1 Å². The predicted octanol–water partition coefficient (Wildman–Crippen LogP) is 3.01. The number of hydrogen-bond donors (Lipinski definition) is 1. The third kappa shape index (κ3) is 3.09. The fourth-order valence-electron chi connectivity index (χ4n) is 1.81. The minimum absolute atomic E-state index is 0.199. The second-order valence-electron chi connectivity index (χ2n) is 4.21. The number of sulfonamides is 1. The van der Waals surface area contributed by atoms with Crippen LogP contribution in [0.4, 0.5) is 5.13 Å². The van der Waals surface area contributed by atoms with Crippen molar-refractivity contribution in [3.63, 3.8) is 0 Å². The van der Waals surface area contributed by atoms with E-state index in [9.17, 15) is 8.42 Å². The number of nitrogens with zero attached hydrogens (tertiary/aromatic N) is 2. The summed E-state index contributed by atoms with van der Waals surface area (Å²) in [4.78, 5) is 8.16. The van der Waals surface area contributed by atoms with E-state index in [2.05, 4.69) is 14.7 Å². The van der Waals surface area contributed by atoms with Gasteiger partial charge in [-0.3, -0.25) is 9.71 Å². The summed E-state index contributed by atoms with van der Waals surface area (Å²) in [7, 11) is -3.60. The van der Waals surface area contributed by atoms with E-state index in [4.69, 9.17) is 0 Å². The number of nitrogens with one attached hydrogen (secondary N) is 1. The Hall–Kier alpha value is -2.25. The molecule has 2 heterocycles. The van der Waals surface area contributed by atoms with Crippen LogP contribution in [-0.2, 0) is 10.0 Å². The van der Waals surface area contributed by atoms with Crippen LogP contribution in [0.2, 0.25) is 0 Å². The van der Waals surface area contributed by atoms with Gasteiger partial charge >= 0.3 is 0 Å². The second kappa shape index (κ2) is 5.63. The first-order chi connectivity index (χ1) is 10.1. The minimum Gasteiger partial charge on any atom is -0.264 e. The number of aromatic nitrogens is 2. The van der Waals surface area contributed by atoms with Crippen molar-refractivity contribution in [2.75, 3.05) is 4.72 Å². The summed E-state index contributed by atoms with van der Waals surface area (Å²) in [5.41, 5.74) is 1.85. The highest BCUT2D eigenvalue weighted by Crippen LogP contribution is 2.22. The Labute approximate surface area is 126 Å². The lowest BCUT2D eigenvalue weighted by Gasteiger charge is -2.06. The van der Waals surface area contributed by atoms with Gasteiger partial charge in [-0.05, 0) is 29.3 Å². The van der Waals surface area contributed by atoms with E-state index in [0.29, 0.717) is 5.13 Å². The summed E-state index contributed by atoms with van der Waals surface area (Å²) in [5.74, 6) is 0. The molecule has 7 heteroatoms. The molecule has 3 rings (SSSR count). The first-order valence-electron chi connectivity index (χ1n) is 6.08. The summed E-state index contributed by atoms with van der Waals surface area (Å²) in [6.07, 6.45) is 4.98. The van der Waals surface area contributed by atoms with Gasteiger partial charge in [0.15, 0.2) is 5.13 Å². The van der Waals surface area contributed by atoms with Gasteiger partial charge in [-0.2, -0.15) is 0 Å². The lowest BCUT2D eigenvalue weighted by atomic mass is 10.1. The minimum atomic E-state index is -3.60. The van der Waals surface area contributed by atoms with Crippen molar-refractivity contribution in [3.05, 3.63) is 60.4 Å². The molecule has 0 atom stereocenters. The van der Waals surface area contributed by atoms with Crippen LogP contribution in [0.1, 0.15) is 0 Å². The Bertz CT molecular complexity index is 814. The molecule has 0 unspecified atom stereocenters. The average Bonchev–Trinajstić information content (AvgIpc) is 3.00. The smallest absolute Gasteiger partial charge is 0.263 e. The summed E-state index contributed by atoms with van der Waals surface area (Å²) < 4.78 is 26.8. The van der Waals surface area contributed by atoms with Crippen LogP contribution >= 0.6 is 11.3 Å². The molecule has 0 aliphatic rings. The highest BCUT2D eigenvalue weighted by Gasteiger charge is 2.15. The largest absolute Gasteiger partial charge is 0.264 e. The van der Waals surface area contributed by atoms with E-state index in [1.807, 2.05) is 12.1 Å². The molecule has 0 saturated heterocycles. The monoisotopic (exact) mass is 317 g/mol. The molecular weight excluding hydrogens is 306 g/mol. The molecule has 0 radical (unpaired) electrons. The molecule has 1 aromatic carbocycles. The highest BCUT2D eigenvalue weighted by atomic mass is 32.2. The fraction of sp³-hybridized carbons (Fsp3) is 0. The molecule has 106 valence electrons. The number of anilines is 1. The zero-order chi connectivity index (χ0) is 14.7. The second-order valence-corrected chi connectivity index (χ2v) is 6.79. The Balaban J connectivity index is 1.87. The topological polar surface area (TPSA) is 72.0 Å². The quantitative estimate of drug-likeness (QED) is 0.803. The Morgan fingerprint density at radius 2 is 1.81 bits per heavy atom. The first kappa shape index (κ1) is 13.7. The SMILES string of the molecule is O=S(=O)(Nc1nccs1)c1ccc(-c2cccnc2)cc1. The Morgan fingerprint density at radius 3 is 2.43 bits per heavy atom. The molecule has 21 heavy (non-hydrogen) atoms. The molecule has 0 aliphatic heterocycles. The number of rotatable bonds is 4. The summed E-state index contributed by atoms with van der Waals surface area (Å²) in [6, 6.07) is 10.4. The maximum absolute atomic E-state index is 12.2. The third-order valence-electron chi connectivity index (χ3n) is 2.81. The van der Waals surface area contributed by atoms with Gasteiger partial charge < -0.3 is 0 Å². The van der Waals surface area contributed by atoms with Gasteiger partial charge in [-0.25, -0.2) is 13.4 Å². The van der Waals surface area contributed by atoms with E-state index in [1.165, 1.54) is 11.3 Å². The molecule has 0 saturated carbocycles. The van der Waals surface area contributed by atoms with Gasteiger partial charge in [0, 0.05) is 24.0 Å². The molecule has 3 aromatic rings. The summed E-state index contributed by atoms with van der Waals surface area (Å²) in [6.45, 7) is 0. The number of benzene rings is 1. The fourth-order valence-corrected chi connectivity index (χ4v) is 3.60. The van der Waals surface area contributed by atoms with Crippen LogP contribution in [-0.4, -0.2) is 18.4 Å². The average molecular weight is 317 g/mol. The molecule has 0 amide bonds. The van der Waals surface area contributed by atoms with Crippen LogP contribution in [0.15, 0.2) is 65.3 Å². The summed E-state index contributed by atoms with van der Waals surface area (Å²) in [5, 5.41) is 2.06. The third-order valence-corrected chi connectivity index (χ3v) is 4.99. The van der Waals surface area contributed by atoms with Crippen molar-refractivity contribution >= 4 is 26.5 Å². The number of thiazole rings is 1. The molecule has 5 nitrogen and oxygen atoms in total.